The molecule has 0 bridgehead atoms. The number of H-pyrrole nitrogens is 1. The van der Waals surface area contributed by atoms with E-state index in [1.165, 1.54) is 0 Å². The van der Waals surface area contributed by atoms with Crippen LogP contribution in [0.4, 0.5) is 0 Å². The lowest BCUT2D eigenvalue weighted by Gasteiger charge is -1.94. The number of hydrogen-bond acceptors (Lipinski definition) is 3. The van der Waals surface area contributed by atoms with Gasteiger partial charge in [-0.15, -0.1) is 0 Å². The van der Waals surface area contributed by atoms with Crippen molar-refractivity contribution >= 4 is 10.9 Å². The van der Waals surface area contributed by atoms with Gasteiger partial charge in [-0.05, 0) is 6.07 Å². The van der Waals surface area contributed by atoms with Crippen LogP contribution in [0.15, 0.2) is 18.5 Å². The number of rotatable bonds is 1. The van der Waals surface area contributed by atoms with Gasteiger partial charge in [0.15, 0.2) is 0 Å². The molecular weight excluding hydrogens is 140 g/mol. The first-order valence-electron chi connectivity index (χ1n) is 3.39. The first-order chi connectivity index (χ1) is 5.42. The van der Waals surface area contributed by atoms with E-state index in [-0.39, 0.29) is 0 Å². The van der Waals surface area contributed by atoms with Crippen molar-refractivity contribution in [1.82, 2.24) is 15.2 Å². The number of nitrogens with two attached hydrogens (primary N) is 1. The van der Waals surface area contributed by atoms with E-state index in [4.69, 9.17) is 5.73 Å². The van der Waals surface area contributed by atoms with Gasteiger partial charge in [0.25, 0.3) is 0 Å². The molecule has 0 amide bonds. The first kappa shape index (κ1) is 6.30. The zero-order chi connectivity index (χ0) is 7.68. The Morgan fingerprint density at radius 2 is 2.45 bits per heavy atom. The van der Waals surface area contributed by atoms with E-state index in [9.17, 15) is 0 Å². The van der Waals surface area contributed by atoms with Crippen molar-refractivity contribution in [2.75, 3.05) is 0 Å². The van der Waals surface area contributed by atoms with Gasteiger partial charge in [0.2, 0.25) is 0 Å². The van der Waals surface area contributed by atoms with Gasteiger partial charge in [-0.3, -0.25) is 10.1 Å². The summed E-state index contributed by atoms with van der Waals surface area (Å²) in [6.45, 7) is 0.444. The Balaban J connectivity index is 2.79. The molecule has 4 nitrogen and oxygen atoms in total. The molecule has 0 fully saturated rings. The highest BCUT2D eigenvalue weighted by Gasteiger charge is 2.00. The molecule has 0 spiro atoms. The van der Waals surface area contributed by atoms with E-state index in [0.29, 0.717) is 6.54 Å². The highest BCUT2D eigenvalue weighted by molar-refractivity contribution is 5.79. The predicted octanol–water partition coefficient (Wildman–Crippen LogP) is 0.417. The average molecular weight is 148 g/mol. The second-order valence-corrected chi connectivity index (χ2v) is 2.30. The minimum Gasteiger partial charge on any atom is -0.325 e. The molecule has 3 N–H and O–H groups in total. The molecule has 2 heterocycles. The second kappa shape index (κ2) is 2.32. The molecule has 0 saturated carbocycles. The summed E-state index contributed by atoms with van der Waals surface area (Å²) < 4.78 is 0. The lowest BCUT2D eigenvalue weighted by molar-refractivity contribution is 0.992. The summed E-state index contributed by atoms with van der Waals surface area (Å²) in [6.07, 6.45) is 3.50. The smallest absolute Gasteiger partial charge is 0.0878 e. The molecule has 0 unspecified atom stereocenters. The normalized spacial score (nSPS) is 10.6. The maximum Gasteiger partial charge on any atom is 0.0878 e. The average Bonchev–Trinajstić information content (AvgIpc) is 2.50. The Morgan fingerprint density at radius 1 is 1.55 bits per heavy atom. The molecule has 0 aliphatic rings. The highest BCUT2D eigenvalue weighted by atomic mass is 15.1. The second-order valence-electron chi connectivity index (χ2n) is 2.30. The Bertz CT molecular complexity index is 365. The van der Waals surface area contributed by atoms with Crippen LogP contribution in [0.1, 0.15) is 5.69 Å². The number of nitrogens with one attached hydrogen (secondary N) is 1. The van der Waals surface area contributed by atoms with E-state index in [2.05, 4.69) is 15.2 Å². The van der Waals surface area contributed by atoms with E-state index in [1.54, 1.807) is 12.4 Å². The van der Waals surface area contributed by atoms with E-state index < -0.39 is 0 Å². The fraction of sp³-hybridized carbons (Fsp3) is 0.143. The van der Waals surface area contributed by atoms with Crippen molar-refractivity contribution in [2.24, 2.45) is 5.73 Å². The third-order valence-corrected chi connectivity index (χ3v) is 1.64. The summed E-state index contributed by atoms with van der Waals surface area (Å²) in [5.74, 6) is 0. The van der Waals surface area contributed by atoms with Gasteiger partial charge in [-0.1, -0.05) is 0 Å². The fourth-order valence-electron chi connectivity index (χ4n) is 1.08. The summed E-state index contributed by atoms with van der Waals surface area (Å²) in [7, 11) is 0. The van der Waals surface area contributed by atoms with Crippen LogP contribution >= 0.6 is 0 Å². The number of pyridine rings is 1. The van der Waals surface area contributed by atoms with Crippen molar-refractivity contribution in [2.45, 2.75) is 6.54 Å². The third kappa shape index (κ3) is 0.877. The molecule has 2 aromatic heterocycles. The number of nitrogens with zero attached hydrogens (tertiary/aromatic N) is 2. The number of aromatic amines is 1. The summed E-state index contributed by atoms with van der Waals surface area (Å²) >= 11 is 0. The molecule has 11 heavy (non-hydrogen) atoms. The van der Waals surface area contributed by atoms with E-state index in [0.717, 1.165) is 16.6 Å². The summed E-state index contributed by atoms with van der Waals surface area (Å²) in [4.78, 5) is 4.10. The minimum absolute atomic E-state index is 0.444. The van der Waals surface area contributed by atoms with Gasteiger partial charge >= 0.3 is 0 Å². The number of fused-ring (bicyclic) bond motifs is 1. The molecule has 0 aliphatic heterocycles. The molecule has 2 rings (SSSR count). The summed E-state index contributed by atoms with van der Waals surface area (Å²) in [5, 5.41) is 7.79. The molecule has 0 aromatic carbocycles. The molecule has 0 saturated heterocycles. The Morgan fingerprint density at radius 3 is 3.27 bits per heavy atom. The molecular formula is C7H8N4. The lowest BCUT2D eigenvalue weighted by Crippen LogP contribution is -1.99. The molecule has 0 radical (unpaired) electrons. The maximum atomic E-state index is 5.46. The largest absolute Gasteiger partial charge is 0.325 e. The van der Waals surface area contributed by atoms with Gasteiger partial charge < -0.3 is 5.73 Å². The van der Waals surface area contributed by atoms with Gasteiger partial charge in [-0.2, -0.15) is 5.10 Å². The van der Waals surface area contributed by atoms with Gasteiger partial charge in [0.1, 0.15) is 0 Å². The van der Waals surface area contributed by atoms with Crippen LogP contribution in [0.3, 0.4) is 0 Å². The lowest BCUT2D eigenvalue weighted by atomic mass is 10.2. The van der Waals surface area contributed by atoms with Crippen molar-refractivity contribution < 1.29 is 0 Å². The standard InChI is InChI=1S/C7H8N4/c8-3-6-7-5(1-2-9-6)4-10-11-7/h1-2,4H,3,8H2,(H,10,11). The van der Waals surface area contributed by atoms with E-state index >= 15 is 0 Å². The summed E-state index contributed by atoms with van der Waals surface area (Å²) in [5.41, 5.74) is 7.27. The zero-order valence-corrected chi connectivity index (χ0v) is 5.91. The van der Waals surface area contributed by atoms with E-state index in [1.807, 2.05) is 6.07 Å². The molecule has 0 atom stereocenters. The SMILES string of the molecule is NCc1nccc2cn[nH]c12. The van der Waals surface area contributed by atoms with Crippen LogP contribution in [0, 0.1) is 0 Å². The van der Waals surface area contributed by atoms with Crippen LogP contribution in [0.25, 0.3) is 10.9 Å². The summed E-state index contributed by atoms with van der Waals surface area (Å²) in [6, 6.07) is 1.90. The van der Waals surface area contributed by atoms with Crippen LogP contribution in [-0.4, -0.2) is 15.2 Å². The van der Waals surface area contributed by atoms with Crippen LogP contribution in [0.5, 0.6) is 0 Å². The fourth-order valence-corrected chi connectivity index (χ4v) is 1.08. The van der Waals surface area contributed by atoms with Crippen LogP contribution in [-0.2, 0) is 6.54 Å². The number of hydrogen-bond donors (Lipinski definition) is 2. The molecule has 4 heteroatoms. The third-order valence-electron chi connectivity index (χ3n) is 1.64. The van der Waals surface area contributed by atoms with Gasteiger partial charge in [-0.25, -0.2) is 0 Å². The zero-order valence-electron chi connectivity index (χ0n) is 5.91. The minimum atomic E-state index is 0.444. The van der Waals surface area contributed by atoms with Gasteiger partial charge in [0, 0.05) is 18.1 Å². The predicted molar refractivity (Wildman–Crippen MR) is 41.8 cm³/mol. The quantitative estimate of drug-likeness (QED) is 0.615. The Hall–Kier alpha value is -1.42. The molecule has 56 valence electrons. The number of aromatic nitrogens is 3. The van der Waals surface area contributed by atoms with Crippen molar-refractivity contribution in [3.63, 3.8) is 0 Å². The molecule has 2 aromatic rings. The van der Waals surface area contributed by atoms with Gasteiger partial charge in [0.05, 0.1) is 17.4 Å². The topological polar surface area (TPSA) is 67.6 Å². The maximum absolute atomic E-state index is 5.46. The first-order valence-corrected chi connectivity index (χ1v) is 3.39. The van der Waals surface area contributed by atoms with Crippen molar-refractivity contribution in [1.29, 1.82) is 0 Å². The van der Waals surface area contributed by atoms with Crippen molar-refractivity contribution in [3.8, 4) is 0 Å². The molecule has 0 aliphatic carbocycles. The monoisotopic (exact) mass is 148 g/mol. The Kier molecular flexibility index (Phi) is 1.33. The van der Waals surface area contributed by atoms with Crippen LogP contribution in [0.2, 0.25) is 0 Å². The highest BCUT2D eigenvalue weighted by Crippen LogP contribution is 2.11. The van der Waals surface area contributed by atoms with Crippen LogP contribution < -0.4 is 5.73 Å². The van der Waals surface area contributed by atoms with Crippen molar-refractivity contribution in [3.05, 3.63) is 24.2 Å². The Labute approximate surface area is 63.4 Å².